The van der Waals surface area contributed by atoms with Gasteiger partial charge in [0, 0.05) is 5.69 Å². The van der Waals surface area contributed by atoms with Gasteiger partial charge in [-0.1, -0.05) is 12.1 Å². The Morgan fingerprint density at radius 3 is 2.59 bits per heavy atom. The lowest BCUT2D eigenvalue weighted by atomic mass is 9.91. The van der Waals surface area contributed by atoms with Gasteiger partial charge in [0.15, 0.2) is 0 Å². The maximum atomic E-state index is 12.0. The van der Waals surface area contributed by atoms with Crippen LogP contribution in [0.1, 0.15) is 34.3 Å². The van der Waals surface area contributed by atoms with Crippen LogP contribution in [0.15, 0.2) is 42.5 Å². The number of aryl methyl sites for hydroxylation is 1. The minimum Gasteiger partial charge on any atom is -0.491 e. The van der Waals surface area contributed by atoms with E-state index in [1.807, 2.05) is 12.1 Å². The summed E-state index contributed by atoms with van der Waals surface area (Å²) in [5, 5.41) is 5.48. The number of urea groups is 1. The van der Waals surface area contributed by atoms with E-state index in [4.69, 9.17) is 4.74 Å². The first-order valence-corrected chi connectivity index (χ1v) is 9.14. The van der Waals surface area contributed by atoms with Crippen molar-refractivity contribution in [1.82, 2.24) is 5.32 Å². The number of benzene rings is 2. The molecule has 0 fully saturated rings. The fraction of sp³-hybridized carbons (Fsp3) is 0.333. The van der Waals surface area contributed by atoms with Crippen LogP contribution in [0.25, 0.3) is 0 Å². The van der Waals surface area contributed by atoms with Crippen LogP contribution in [0.3, 0.4) is 0 Å². The molecular weight excluding hydrogens is 344 g/mol. The first kappa shape index (κ1) is 18.8. The highest BCUT2D eigenvalue weighted by Gasteiger charge is 2.13. The summed E-state index contributed by atoms with van der Waals surface area (Å²) in [6, 6.07) is 12.4. The van der Waals surface area contributed by atoms with Crippen molar-refractivity contribution in [2.24, 2.45) is 0 Å². The molecule has 1 aliphatic carbocycles. The molecule has 0 spiro atoms. The van der Waals surface area contributed by atoms with Gasteiger partial charge >= 0.3 is 12.0 Å². The maximum Gasteiger partial charge on any atom is 0.337 e. The third-order valence-corrected chi connectivity index (χ3v) is 4.56. The number of hydrogen-bond donors (Lipinski definition) is 2. The second-order valence-corrected chi connectivity index (χ2v) is 6.40. The zero-order valence-electron chi connectivity index (χ0n) is 15.4. The van der Waals surface area contributed by atoms with Gasteiger partial charge < -0.3 is 20.1 Å². The van der Waals surface area contributed by atoms with Crippen molar-refractivity contribution in [3.8, 4) is 5.75 Å². The lowest BCUT2D eigenvalue weighted by Gasteiger charge is -2.19. The average molecular weight is 368 g/mol. The zero-order chi connectivity index (χ0) is 19.1. The Balaban J connectivity index is 1.43. The summed E-state index contributed by atoms with van der Waals surface area (Å²) in [7, 11) is 1.33. The molecule has 1 aliphatic rings. The molecule has 3 rings (SSSR count). The SMILES string of the molecule is COC(=O)c1ccc(NC(=O)NCCOc2cccc3c2CCCC3)cc1. The molecule has 0 saturated carbocycles. The number of rotatable bonds is 6. The number of nitrogens with one attached hydrogen (secondary N) is 2. The van der Waals surface area contributed by atoms with Gasteiger partial charge in [-0.2, -0.15) is 0 Å². The van der Waals surface area contributed by atoms with E-state index in [2.05, 4.69) is 21.4 Å². The van der Waals surface area contributed by atoms with Gasteiger partial charge in [-0.05, 0) is 67.1 Å². The largest absolute Gasteiger partial charge is 0.491 e. The van der Waals surface area contributed by atoms with Gasteiger partial charge in [0.1, 0.15) is 12.4 Å². The van der Waals surface area contributed by atoms with E-state index in [9.17, 15) is 9.59 Å². The number of amides is 2. The molecule has 142 valence electrons. The van der Waals surface area contributed by atoms with Crippen LogP contribution >= 0.6 is 0 Å². The van der Waals surface area contributed by atoms with E-state index >= 15 is 0 Å². The van der Waals surface area contributed by atoms with Gasteiger partial charge in [0.25, 0.3) is 0 Å². The molecule has 0 aromatic heterocycles. The van der Waals surface area contributed by atoms with Crippen molar-refractivity contribution in [3.63, 3.8) is 0 Å². The molecule has 27 heavy (non-hydrogen) atoms. The van der Waals surface area contributed by atoms with Crippen molar-refractivity contribution < 1.29 is 19.1 Å². The minimum absolute atomic E-state index is 0.320. The van der Waals surface area contributed by atoms with Crippen molar-refractivity contribution in [2.45, 2.75) is 25.7 Å². The third-order valence-electron chi connectivity index (χ3n) is 4.56. The summed E-state index contributed by atoms with van der Waals surface area (Å²) in [6.07, 6.45) is 4.60. The number of carbonyl (C=O) groups excluding carboxylic acids is 2. The fourth-order valence-corrected chi connectivity index (χ4v) is 3.19. The summed E-state index contributed by atoms with van der Waals surface area (Å²) in [5.41, 5.74) is 3.71. The van der Waals surface area contributed by atoms with Crippen LogP contribution in [0.2, 0.25) is 0 Å². The van der Waals surface area contributed by atoms with E-state index in [1.54, 1.807) is 24.3 Å². The Morgan fingerprint density at radius 2 is 1.81 bits per heavy atom. The van der Waals surface area contributed by atoms with E-state index in [0.717, 1.165) is 18.6 Å². The molecule has 6 heteroatoms. The highest BCUT2D eigenvalue weighted by Crippen LogP contribution is 2.29. The third kappa shape index (κ3) is 5.00. The van der Waals surface area contributed by atoms with Crippen molar-refractivity contribution in [2.75, 3.05) is 25.6 Å². The topological polar surface area (TPSA) is 76.7 Å². The van der Waals surface area contributed by atoms with Crippen LogP contribution in [0.4, 0.5) is 10.5 Å². The number of anilines is 1. The quantitative estimate of drug-likeness (QED) is 0.604. The van der Waals surface area contributed by atoms with Gasteiger partial charge in [-0.25, -0.2) is 9.59 Å². The molecule has 6 nitrogen and oxygen atoms in total. The molecule has 2 aromatic rings. The smallest absolute Gasteiger partial charge is 0.337 e. The van der Waals surface area contributed by atoms with Crippen LogP contribution in [0.5, 0.6) is 5.75 Å². The van der Waals surface area contributed by atoms with Crippen LogP contribution < -0.4 is 15.4 Å². The number of ether oxygens (including phenoxy) is 2. The first-order chi connectivity index (χ1) is 13.2. The highest BCUT2D eigenvalue weighted by molar-refractivity contribution is 5.92. The lowest BCUT2D eigenvalue weighted by Crippen LogP contribution is -2.32. The highest BCUT2D eigenvalue weighted by atomic mass is 16.5. The number of methoxy groups -OCH3 is 1. The Labute approximate surface area is 158 Å². The maximum absolute atomic E-state index is 12.0. The lowest BCUT2D eigenvalue weighted by molar-refractivity contribution is 0.0600. The Hall–Kier alpha value is -3.02. The fourth-order valence-electron chi connectivity index (χ4n) is 3.19. The van der Waals surface area contributed by atoms with Gasteiger partial charge in [-0.3, -0.25) is 0 Å². The number of esters is 1. The number of fused-ring (bicyclic) bond motifs is 1. The molecule has 0 bridgehead atoms. The molecule has 0 radical (unpaired) electrons. The monoisotopic (exact) mass is 368 g/mol. The van der Waals surface area contributed by atoms with Gasteiger partial charge in [-0.15, -0.1) is 0 Å². The molecule has 0 saturated heterocycles. The molecule has 2 N–H and O–H groups in total. The molecule has 0 heterocycles. The Morgan fingerprint density at radius 1 is 1.04 bits per heavy atom. The van der Waals surface area contributed by atoms with E-state index in [-0.39, 0.29) is 6.03 Å². The Kier molecular flexibility index (Phi) is 6.30. The zero-order valence-corrected chi connectivity index (χ0v) is 15.4. The van der Waals surface area contributed by atoms with E-state index in [0.29, 0.717) is 24.4 Å². The van der Waals surface area contributed by atoms with Crippen molar-refractivity contribution >= 4 is 17.7 Å². The molecule has 0 unspecified atom stereocenters. The summed E-state index contributed by atoms with van der Waals surface area (Å²) < 4.78 is 10.5. The molecule has 2 amide bonds. The second-order valence-electron chi connectivity index (χ2n) is 6.40. The summed E-state index contributed by atoms with van der Waals surface area (Å²) in [4.78, 5) is 23.4. The summed E-state index contributed by atoms with van der Waals surface area (Å²) in [5.74, 6) is 0.513. The summed E-state index contributed by atoms with van der Waals surface area (Å²) >= 11 is 0. The number of carbonyl (C=O) groups is 2. The molecule has 2 aromatic carbocycles. The molecular formula is C21H24N2O4. The average Bonchev–Trinajstić information content (AvgIpc) is 2.71. The van der Waals surface area contributed by atoms with Crippen LogP contribution in [0, 0.1) is 0 Å². The van der Waals surface area contributed by atoms with Crippen molar-refractivity contribution in [3.05, 3.63) is 59.2 Å². The molecule has 0 aliphatic heterocycles. The van der Waals surface area contributed by atoms with Crippen LogP contribution in [-0.4, -0.2) is 32.3 Å². The Bertz CT molecular complexity index is 802. The number of hydrogen-bond acceptors (Lipinski definition) is 4. The van der Waals surface area contributed by atoms with Gasteiger partial charge in [0.2, 0.25) is 0 Å². The summed E-state index contributed by atoms with van der Waals surface area (Å²) in [6.45, 7) is 0.806. The van der Waals surface area contributed by atoms with E-state index < -0.39 is 5.97 Å². The second kappa shape index (κ2) is 9.07. The van der Waals surface area contributed by atoms with E-state index in [1.165, 1.54) is 31.1 Å². The van der Waals surface area contributed by atoms with Crippen molar-refractivity contribution in [1.29, 1.82) is 0 Å². The normalized spacial score (nSPS) is 12.6. The first-order valence-electron chi connectivity index (χ1n) is 9.14. The minimum atomic E-state index is -0.411. The van der Waals surface area contributed by atoms with Gasteiger partial charge in [0.05, 0.1) is 19.2 Å². The predicted molar refractivity (Wildman–Crippen MR) is 103 cm³/mol. The molecule has 0 atom stereocenters. The predicted octanol–water partition coefficient (Wildman–Crippen LogP) is 3.55. The standard InChI is InChI=1S/C21H24N2O4/c1-26-20(24)16-9-11-17(12-10-16)23-21(25)22-13-14-27-19-8-4-6-15-5-2-3-7-18(15)19/h4,6,8-12H,2-3,5,7,13-14H2,1H3,(H2,22,23,25). The van der Waals surface area contributed by atoms with Crippen LogP contribution in [-0.2, 0) is 17.6 Å².